The number of halogens is 1. The average molecular weight is 550 g/mol. The van der Waals surface area contributed by atoms with E-state index in [0.717, 1.165) is 19.3 Å². The topological polar surface area (TPSA) is 90.9 Å². The van der Waals surface area contributed by atoms with Crippen LogP contribution in [0.25, 0.3) is 0 Å². The number of likely N-dealkylation sites (N-methyl/N-ethyl adjacent to an activating group) is 1. The molecule has 0 spiro atoms. The van der Waals surface area contributed by atoms with Crippen LogP contribution in [0.1, 0.15) is 62.1 Å². The molecule has 2 aliphatic rings. The third kappa shape index (κ3) is 7.41. The minimum atomic E-state index is -0.994. The molecule has 3 N–H and O–H groups in total. The summed E-state index contributed by atoms with van der Waals surface area (Å²) >= 11 is 0. The standard InChI is InChI=1S/C32H40FN3O4/c1-4-9-28-31(39)35-27(29(37)21-34-32(13-14-32)24-11-8-10-22(5-2)16-24)19-23-17-25(33)20-26(18-23)40-15-7-6-12-30(38)36(28)3/h1,8,10-11,16-18,20,27-29,34,37H,5-7,9,12-15,19,21H2,2-3H3,(H,35,39)/t27-,28?,29+/m0/s1. The van der Waals surface area contributed by atoms with Gasteiger partial charge < -0.3 is 25.4 Å². The van der Waals surface area contributed by atoms with Crippen molar-refractivity contribution in [1.29, 1.82) is 0 Å². The number of ether oxygens (including phenoxy) is 1. The number of nitrogens with zero attached hydrogens (tertiary/aromatic N) is 1. The first kappa shape index (κ1) is 29.6. The largest absolute Gasteiger partial charge is 0.493 e. The maximum Gasteiger partial charge on any atom is 0.244 e. The SMILES string of the molecule is C#CCC1C(=O)N[C@H]([C@H](O)CNC2(c3cccc(CC)c3)CC2)Cc2cc(F)cc(c2)OCCCCC(=O)N1C. The molecule has 2 aromatic carbocycles. The summed E-state index contributed by atoms with van der Waals surface area (Å²) < 4.78 is 20.3. The van der Waals surface area contributed by atoms with Crippen LogP contribution in [-0.2, 0) is 28.0 Å². The Balaban J connectivity index is 1.57. The van der Waals surface area contributed by atoms with Crippen molar-refractivity contribution >= 4 is 11.8 Å². The van der Waals surface area contributed by atoms with Gasteiger partial charge in [-0.1, -0.05) is 31.2 Å². The first-order chi connectivity index (χ1) is 19.2. The van der Waals surface area contributed by atoms with E-state index in [4.69, 9.17) is 11.2 Å². The molecule has 2 aromatic rings. The third-order valence-corrected chi connectivity index (χ3v) is 7.99. The smallest absolute Gasteiger partial charge is 0.244 e. The quantitative estimate of drug-likeness (QED) is 0.461. The van der Waals surface area contributed by atoms with E-state index in [9.17, 15) is 19.1 Å². The second-order valence-electron chi connectivity index (χ2n) is 10.9. The molecule has 40 heavy (non-hydrogen) atoms. The van der Waals surface area contributed by atoms with Crippen LogP contribution in [0.5, 0.6) is 5.75 Å². The Morgan fingerprint density at radius 1 is 1.25 bits per heavy atom. The van der Waals surface area contributed by atoms with Crippen molar-refractivity contribution < 1.29 is 23.8 Å². The van der Waals surface area contributed by atoms with Gasteiger partial charge in [0.2, 0.25) is 11.8 Å². The summed E-state index contributed by atoms with van der Waals surface area (Å²) in [6, 6.07) is 11.3. The number of carbonyl (C=O) groups is 2. The van der Waals surface area contributed by atoms with Gasteiger partial charge in [0.1, 0.15) is 17.6 Å². The van der Waals surface area contributed by atoms with Crippen molar-refractivity contribution in [3.63, 3.8) is 0 Å². The van der Waals surface area contributed by atoms with Crippen LogP contribution in [0.3, 0.4) is 0 Å². The van der Waals surface area contributed by atoms with Gasteiger partial charge in [-0.2, -0.15) is 0 Å². The predicted molar refractivity (Wildman–Crippen MR) is 152 cm³/mol. The Kier molecular flexibility index (Phi) is 9.83. The number of rotatable bonds is 7. The molecule has 8 heteroatoms. The van der Waals surface area contributed by atoms with Gasteiger partial charge in [-0.25, -0.2) is 4.39 Å². The first-order valence-electron chi connectivity index (χ1n) is 14.2. The van der Waals surface area contributed by atoms with Gasteiger partial charge in [-0.15, -0.1) is 12.3 Å². The minimum absolute atomic E-state index is 0.0409. The van der Waals surface area contributed by atoms with Gasteiger partial charge in [0.05, 0.1) is 18.8 Å². The lowest BCUT2D eigenvalue weighted by molar-refractivity contribution is -0.139. The lowest BCUT2D eigenvalue weighted by atomic mass is 9.98. The van der Waals surface area contributed by atoms with E-state index < -0.39 is 29.9 Å². The molecular weight excluding hydrogens is 509 g/mol. The number of hydrogen-bond donors (Lipinski definition) is 3. The molecule has 1 aliphatic heterocycles. The van der Waals surface area contributed by atoms with E-state index in [1.165, 1.54) is 28.2 Å². The molecule has 1 fully saturated rings. The lowest BCUT2D eigenvalue weighted by Crippen LogP contribution is -2.55. The summed E-state index contributed by atoms with van der Waals surface area (Å²) in [5.41, 5.74) is 2.81. The third-order valence-electron chi connectivity index (χ3n) is 7.99. The molecule has 0 radical (unpaired) electrons. The second kappa shape index (κ2) is 13.3. The van der Waals surface area contributed by atoms with Gasteiger partial charge in [0.15, 0.2) is 0 Å². The molecule has 2 bridgehead atoms. The Labute approximate surface area is 236 Å². The van der Waals surface area contributed by atoms with Crippen molar-refractivity contribution in [2.24, 2.45) is 0 Å². The zero-order valence-corrected chi connectivity index (χ0v) is 23.4. The molecule has 1 aliphatic carbocycles. The summed E-state index contributed by atoms with van der Waals surface area (Å²) in [6.45, 7) is 2.67. The van der Waals surface area contributed by atoms with E-state index >= 15 is 0 Å². The van der Waals surface area contributed by atoms with E-state index in [2.05, 4.69) is 47.7 Å². The number of nitrogens with one attached hydrogen (secondary N) is 2. The molecular formula is C32H40FN3O4. The highest BCUT2D eigenvalue weighted by Crippen LogP contribution is 2.45. The fourth-order valence-corrected chi connectivity index (χ4v) is 5.30. The Bertz CT molecular complexity index is 1240. The van der Waals surface area contributed by atoms with Gasteiger partial charge >= 0.3 is 0 Å². The van der Waals surface area contributed by atoms with Crippen LogP contribution < -0.4 is 15.4 Å². The molecule has 2 amide bonds. The molecule has 214 valence electrons. The number of aliphatic hydroxyl groups is 1. The van der Waals surface area contributed by atoms with Gasteiger partial charge in [0, 0.05) is 38.0 Å². The van der Waals surface area contributed by atoms with Crippen LogP contribution in [0, 0.1) is 18.2 Å². The lowest BCUT2D eigenvalue weighted by Gasteiger charge is -2.31. The van der Waals surface area contributed by atoms with Crippen molar-refractivity contribution in [2.45, 2.75) is 82.0 Å². The fraction of sp³-hybridized carbons (Fsp3) is 0.500. The molecule has 0 saturated heterocycles. The van der Waals surface area contributed by atoms with E-state index in [0.29, 0.717) is 30.8 Å². The van der Waals surface area contributed by atoms with Gasteiger partial charge in [0.25, 0.3) is 0 Å². The highest BCUT2D eigenvalue weighted by Gasteiger charge is 2.44. The summed E-state index contributed by atoms with van der Waals surface area (Å²) in [7, 11) is 1.57. The van der Waals surface area contributed by atoms with Crippen molar-refractivity contribution in [3.05, 3.63) is 65.0 Å². The van der Waals surface area contributed by atoms with E-state index in [-0.39, 0.29) is 37.3 Å². The van der Waals surface area contributed by atoms with Gasteiger partial charge in [-0.05, 0) is 67.3 Å². The Hall–Kier alpha value is -3.41. The summed E-state index contributed by atoms with van der Waals surface area (Å²) in [6.07, 6.45) is 9.01. The highest BCUT2D eigenvalue weighted by atomic mass is 19.1. The van der Waals surface area contributed by atoms with Crippen LogP contribution in [0.4, 0.5) is 4.39 Å². The molecule has 7 nitrogen and oxygen atoms in total. The molecule has 0 aromatic heterocycles. The normalized spacial score (nSPS) is 22.2. The van der Waals surface area contributed by atoms with E-state index in [1.807, 2.05) is 0 Å². The number of amides is 2. The van der Waals surface area contributed by atoms with Crippen LogP contribution >= 0.6 is 0 Å². The number of fused-ring (bicyclic) bond motifs is 2. The molecule has 4 rings (SSSR count). The van der Waals surface area contributed by atoms with Crippen LogP contribution in [0.15, 0.2) is 42.5 Å². The number of hydrogen-bond acceptors (Lipinski definition) is 5. The van der Waals surface area contributed by atoms with Gasteiger partial charge in [-0.3, -0.25) is 9.59 Å². The number of benzene rings is 2. The average Bonchev–Trinajstić information content (AvgIpc) is 3.74. The van der Waals surface area contributed by atoms with E-state index in [1.54, 1.807) is 13.1 Å². The predicted octanol–water partition coefficient (Wildman–Crippen LogP) is 3.47. The number of carbonyl (C=O) groups excluding carboxylic acids is 2. The minimum Gasteiger partial charge on any atom is -0.493 e. The number of aryl methyl sites for hydroxylation is 1. The highest BCUT2D eigenvalue weighted by molar-refractivity contribution is 5.88. The maximum absolute atomic E-state index is 14.5. The molecule has 1 saturated carbocycles. The summed E-state index contributed by atoms with van der Waals surface area (Å²) in [4.78, 5) is 27.7. The zero-order chi connectivity index (χ0) is 28.7. The van der Waals surface area contributed by atoms with Crippen LogP contribution in [0.2, 0.25) is 0 Å². The van der Waals surface area contributed by atoms with Crippen molar-refractivity contribution in [2.75, 3.05) is 20.2 Å². The number of aliphatic hydroxyl groups excluding tert-OH is 1. The molecule has 1 unspecified atom stereocenters. The van der Waals surface area contributed by atoms with Crippen molar-refractivity contribution in [1.82, 2.24) is 15.5 Å². The Morgan fingerprint density at radius 2 is 2.05 bits per heavy atom. The first-order valence-corrected chi connectivity index (χ1v) is 14.2. The number of terminal acetylenes is 1. The fourth-order valence-electron chi connectivity index (χ4n) is 5.30. The van der Waals surface area contributed by atoms with Crippen LogP contribution in [-0.4, -0.2) is 60.2 Å². The molecule has 1 heterocycles. The zero-order valence-electron chi connectivity index (χ0n) is 23.4. The maximum atomic E-state index is 14.5. The summed E-state index contributed by atoms with van der Waals surface area (Å²) in [5.74, 6) is 1.78. The second-order valence-corrected chi connectivity index (χ2v) is 10.9. The van der Waals surface area contributed by atoms with Crippen molar-refractivity contribution in [3.8, 4) is 18.1 Å². The molecule has 3 atom stereocenters. The Morgan fingerprint density at radius 3 is 2.77 bits per heavy atom. The summed E-state index contributed by atoms with van der Waals surface area (Å²) in [5, 5.41) is 17.9. The monoisotopic (exact) mass is 549 g/mol.